The Morgan fingerprint density at radius 3 is 2.44 bits per heavy atom. The number of rotatable bonds is 4. The van der Waals surface area contributed by atoms with Crippen molar-refractivity contribution >= 4 is 23.2 Å². The fourth-order valence-electron chi connectivity index (χ4n) is 3.43. The Labute approximate surface area is 182 Å². The molecule has 3 aromatic carbocycles. The number of amides is 2. The monoisotopic (exact) mass is 437 g/mol. The second-order valence-electron chi connectivity index (χ2n) is 7.22. The summed E-state index contributed by atoms with van der Waals surface area (Å²) in [6.07, 6.45) is -6.07. The minimum absolute atomic E-state index is 0.182. The van der Waals surface area contributed by atoms with Gasteiger partial charge in [-0.05, 0) is 17.7 Å². The smallest absolute Gasteiger partial charge is 0.326 e. The Kier molecular flexibility index (Phi) is 5.77. The van der Waals surface area contributed by atoms with Gasteiger partial charge in [-0.2, -0.15) is 13.2 Å². The lowest BCUT2D eigenvalue weighted by molar-refractivity contribution is -0.137. The number of aliphatic imine (C=N–C) groups is 1. The van der Waals surface area contributed by atoms with Crippen molar-refractivity contribution in [3.05, 3.63) is 101 Å². The SMILES string of the molecule is O=C(Cc1cccc(C(F)(F)F)c1)NC1N=C(c2ccccc2)c2ccccc2NC1=O. The molecule has 0 spiro atoms. The first-order chi connectivity index (χ1) is 15.3. The number of fused-ring (bicyclic) bond motifs is 1. The van der Waals surface area contributed by atoms with Gasteiger partial charge in [0.1, 0.15) is 0 Å². The molecule has 1 heterocycles. The lowest BCUT2D eigenvalue weighted by Crippen LogP contribution is -2.43. The molecular formula is C24H18F3N3O2. The van der Waals surface area contributed by atoms with E-state index in [0.717, 1.165) is 17.7 Å². The molecule has 1 atom stereocenters. The van der Waals surface area contributed by atoms with Crippen molar-refractivity contribution in [1.29, 1.82) is 0 Å². The predicted molar refractivity (Wildman–Crippen MR) is 114 cm³/mol. The Balaban J connectivity index is 1.61. The first-order valence-corrected chi connectivity index (χ1v) is 9.80. The highest BCUT2D eigenvalue weighted by molar-refractivity contribution is 6.19. The van der Waals surface area contributed by atoms with Crippen molar-refractivity contribution in [3.8, 4) is 0 Å². The van der Waals surface area contributed by atoms with Crippen molar-refractivity contribution in [2.75, 3.05) is 5.32 Å². The van der Waals surface area contributed by atoms with Crippen LogP contribution in [0.5, 0.6) is 0 Å². The summed E-state index contributed by atoms with van der Waals surface area (Å²) in [7, 11) is 0. The lowest BCUT2D eigenvalue weighted by atomic mass is 10.0. The molecule has 32 heavy (non-hydrogen) atoms. The van der Waals surface area contributed by atoms with E-state index in [9.17, 15) is 22.8 Å². The van der Waals surface area contributed by atoms with Crippen LogP contribution in [-0.4, -0.2) is 23.7 Å². The molecule has 5 nitrogen and oxygen atoms in total. The van der Waals surface area contributed by atoms with Gasteiger partial charge in [0.2, 0.25) is 12.1 Å². The van der Waals surface area contributed by atoms with Crippen LogP contribution in [0.25, 0.3) is 0 Å². The summed E-state index contributed by atoms with van der Waals surface area (Å²) in [5.74, 6) is -1.16. The molecule has 0 saturated heterocycles. The van der Waals surface area contributed by atoms with Crippen LogP contribution in [0.2, 0.25) is 0 Å². The number of halogens is 3. The normalized spacial score (nSPS) is 15.8. The molecule has 2 amide bonds. The van der Waals surface area contributed by atoms with Crippen LogP contribution in [0.15, 0.2) is 83.9 Å². The van der Waals surface area contributed by atoms with Crippen LogP contribution >= 0.6 is 0 Å². The zero-order valence-electron chi connectivity index (χ0n) is 16.7. The lowest BCUT2D eigenvalue weighted by Gasteiger charge is -2.14. The summed E-state index contributed by atoms with van der Waals surface area (Å²) >= 11 is 0. The molecule has 8 heteroatoms. The second-order valence-corrected chi connectivity index (χ2v) is 7.22. The Morgan fingerprint density at radius 2 is 1.69 bits per heavy atom. The number of carbonyl (C=O) groups excluding carboxylic acids is 2. The van der Waals surface area contributed by atoms with E-state index in [1.807, 2.05) is 42.5 Å². The summed E-state index contributed by atoms with van der Waals surface area (Å²) in [5, 5.41) is 5.28. The molecular weight excluding hydrogens is 419 g/mol. The van der Waals surface area contributed by atoms with Crippen molar-refractivity contribution < 1.29 is 22.8 Å². The van der Waals surface area contributed by atoms with Gasteiger partial charge in [0.25, 0.3) is 5.91 Å². The Morgan fingerprint density at radius 1 is 0.969 bits per heavy atom. The molecule has 0 aliphatic carbocycles. The topological polar surface area (TPSA) is 70.6 Å². The van der Waals surface area contributed by atoms with Crippen LogP contribution in [0.4, 0.5) is 18.9 Å². The second kappa shape index (κ2) is 8.66. The molecule has 3 aromatic rings. The van der Waals surface area contributed by atoms with Gasteiger partial charge in [0.15, 0.2) is 0 Å². The minimum atomic E-state index is -4.51. The number of para-hydroxylation sites is 1. The Hall–Kier alpha value is -3.94. The van der Waals surface area contributed by atoms with Crippen LogP contribution < -0.4 is 10.6 Å². The van der Waals surface area contributed by atoms with Gasteiger partial charge >= 0.3 is 6.18 Å². The fourth-order valence-corrected chi connectivity index (χ4v) is 3.43. The van der Waals surface area contributed by atoms with E-state index in [0.29, 0.717) is 17.0 Å². The van der Waals surface area contributed by atoms with E-state index >= 15 is 0 Å². The molecule has 2 N–H and O–H groups in total. The van der Waals surface area contributed by atoms with E-state index in [1.54, 1.807) is 12.1 Å². The molecule has 0 saturated carbocycles. The molecule has 0 bridgehead atoms. The van der Waals surface area contributed by atoms with Crippen LogP contribution in [0.3, 0.4) is 0 Å². The number of hydrogen-bond acceptors (Lipinski definition) is 3. The number of nitrogens with zero attached hydrogens (tertiary/aromatic N) is 1. The molecule has 162 valence electrons. The zero-order valence-corrected chi connectivity index (χ0v) is 16.7. The fraction of sp³-hybridized carbons (Fsp3) is 0.125. The average molecular weight is 437 g/mol. The summed E-state index contributed by atoms with van der Waals surface area (Å²) in [5.41, 5.74) is 1.87. The standard InChI is InChI=1S/C24H18F3N3O2/c25-24(26,27)17-10-6-7-15(13-17)14-20(31)29-22-23(32)28-19-12-5-4-11-18(19)21(30-22)16-8-2-1-3-9-16/h1-13,22H,14H2,(H,28,32)(H,29,31). The first kappa shape index (κ1) is 21.3. The number of benzodiazepines with no additional fused rings is 1. The number of hydrogen-bond donors (Lipinski definition) is 2. The van der Waals surface area contributed by atoms with E-state index < -0.39 is 29.7 Å². The van der Waals surface area contributed by atoms with Gasteiger partial charge in [-0.25, -0.2) is 4.99 Å². The van der Waals surface area contributed by atoms with Gasteiger partial charge in [-0.15, -0.1) is 0 Å². The van der Waals surface area contributed by atoms with Gasteiger partial charge in [-0.3, -0.25) is 9.59 Å². The highest BCUT2D eigenvalue weighted by Crippen LogP contribution is 2.29. The molecule has 1 unspecified atom stereocenters. The van der Waals surface area contributed by atoms with E-state index in [2.05, 4.69) is 15.6 Å². The predicted octanol–water partition coefficient (Wildman–Crippen LogP) is 4.18. The third-order valence-electron chi connectivity index (χ3n) is 4.91. The maximum atomic E-state index is 12.9. The number of carbonyl (C=O) groups is 2. The van der Waals surface area contributed by atoms with Gasteiger partial charge in [0.05, 0.1) is 23.4 Å². The average Bonchev–Trinajstić information content (AvgIpc) is 2.90. The summed E-state index contributed by atoms with van der Waals surface area (Å²) in [4.78, 5) is 29.8. The maximum absolute atomic E-state index is 12.9. The van der Waals surface area contributed by atoms with Crippen LogP contribution in [0.1, 0.15) is 22.3 Å². The van der Waals surface area contributed by atoms with E-state index in [-0.39, 0.29) is 12.0 Å². The highest BCUT2D eigenvalue weighted by atomic mass is 19.4. The zero-order chi connectivity index (χ0) is 22.7. The number of benzene rings is 3. The summed E-state index contributed by atoms with van der Waals surface area (Å²) < 4.78 is 38.8. The largest absolute Gasteiger partial charge is 0.416 e. The number of alkyl halides is 3. The third-order valence-corrected chi connectivity index (χ3v) is 4.91. The number of anilines is 1. The third kappa shape index (κ3) is 4.69. The molecule has 0 radical (unpaired) electrons. The number of nitrogens with one attached hydrogen (secondary N) is 2. The van der Waals surface area contributed by atoms with Crippen molar-refractivity contribution in [3.63, 3.8) is 0 Å². The Bertz CT molecular complexity index is 1190. The minimum Gasteiger partial charge on any atom is -0.326 e. The molecule has 1 aliphatic rings. The van der Waals surface area contributed by atoms with Crippen LogP contribution in [-0.2, 0) is 22.2 Å². The van der Waals surface area contributed by atoms with E-state index in [4.69, 9.17) is 0 Å². The van der Waals surface area contributed by atoms with Gasteiger partial charge in [0, 0.05) is 11.1 Å². The molecule has 0 fully saturated rings. The van der Waals surface area contributed by atoms with E-state index in [1.165, 1.54) is 12.1 Å². The van der Waals surface area contributed by atoms with Gasteiger partial charge in [-0.1, -0.05) is 66.7 Å². The molecule has 0 aromatic heterocycles. The first-order valence-electron chi connectivity index (χ1n) is 9.80. The van der Waals surface area contributed by atoms with Crippen LogP contribution in [0, 0.1) is 0 Å². The van der Waals surface area contributed by atoms with Crippen molar-refractivity contribution in [1.82, 2.24) is 5.32 Å². The van der Waals surface area contributed by atoms with Crippen molar-refractivity contribution in [2.45, 2.75) is 18.8 Å². The highest BCUT2D eigenvalue weighted by Gasteiger charge is 2.31. The maximum Gasteiger partial charge on any atom is 0.416 e. The van der Waals surface area contributed by atoms with Gasteiger partial charge < -0.3 is 10.6 Å². The van der Waals surface area contributed by atoms with Crippen molar-refractivity contribution in [2.24, 2.45) is 4.99 Å². The quantitative estimate of drug-likeness (QED) is 0.643. The molecule has 1 aliphatic heterocycles. The molecule has 4 rings (SSSR count). The summed E-state index contributed by atoms with van der Waals surface area (Å²) in [6, 6.07) is 20.9. The summed E-state index contributed by atoms with van der Waals surface area (Å²) in [6.45, 7) is 0.